The summed E-state index contributed by atoms with van der Waals surface area (Å²) in [6.07, 6.45) is 0. The summed E-state index contributed by atoms with van der Waals surface area (Å²) < 4.78 is 0. The minimum Gasteiger partial charge on any atom is -0.370 e. The summed E-state index contributed by atoms with van der Waals surface area (Å²) >= 11 is 0. The second kappa shape index (κ2) is 10.1. The molecule has 0 fully saturated rings. The number of halogens is 1. The largest absolute Gasteiger partial charge is 0.370 e. The zero-order valence-corrected chi connectivity index (χ0v) is 13.6. The molecule has 0 aliphatic rings. The maximum absolute atomic E-state index is 5.86. The molecule has 0 amide bonds. The highest BCUT2D eigenvalue weighted by molar-refractivity contribution is 14.0. The van der Waals surface area contributed by atoms with E-state index in [9.17, 15) is 0 Å². The monoisotopic (exact) mass is 342 g/mol. The summed E-state index contributed by atoms with van der Waals surface area (Å²) in [4.78, 5) is 8.69. The molecule has 5 heteroatoms. The molecule has 0 rings (SSSR count). The van der Waals surface area contributed by atoms with Crippen molar-refractivity contribution in [3.63, 3.8) is 0 Å². The number of nitrogens with two attached hydrogens (primary N) is 1. The molecule has 0 aromatic rings. The molecule has 0 aromatic carbocycles. The maximum atomic E-state index is 5.86. The first-order valence-corrected chi connectivity index (χ1v) is 5.78. The zero-order chi connectivity index (χ0) is 11.8. The third kappa shape index (κ3) is 7.27. The lowest BCUT2D eigenvalue weighted by molar-refractivity contribution is 0.281. The van der Waals surface area contributed by atoms with E-state index in [1.54, 1.807) is 0 Å². The Labute approximate surface area is 117 Å². The standard InChI is InChI=1S/C11H26N4.HI/c1-6-15(7-2)11(12)13-8-9-14(5)10(3)4;/h10H,6-9H2,1-5H3,(H2,12,13);1H. The average Bonchev–Trinajstić information content (AvgIpc) is 2.19. The molecule has 0 aliphatic carbocycles. The van der Waals surface area contributed by atoms with Crippen LogP contribution in [-0.2, 0) is 0 Å². The van der Waals surface area contributed by atoms with Gasteiger partial charge in [-0.2, -0.15) is 0 Å². The first-order chi connectivity index (χ1) is 7.02. The van der Waals surface area contributed by atoms with E-state index < -0.39 is 0 Å². The fourth-order valence-electron chi connectivity index (χ4n) is 1.23. The first-order valence-electron chi connectivity index (χ1n) is 5.78. The first kappa shape index (κ1) is 18.3. The molecule has 0 heterocycles. The second-order valence-corrected chi connectivity index (χ2v) is 3.99. The number of nitrogens with zero attached hydrogens (tertiary/aromatic N) is 3. The Balaban J connectivity index is 0. The molecule has 16 heavy (non-hydrogen) atoms. The van der Waals surface area contributed by atoms with Crippen molar-refractivity contribution >= 4 is 29.9 Å². The maximum Gasteiger partial charge on any atom is 0.191 e. The van der Waals surface area contributed by atoms with Gasteiger partial charge in [0.2, 0.25) is 0 Å². The van der Waals surface area contributed by atoms with Gasteiger partial charge in [0.25, 0.3) is 0 Å². The zero-order valence-electron chi connectivity index (χ0n) is 11.2. The molecule has 2 N–H and O–H groups in total. The fraction of sp³-hybridized carbons (Fsp3) is 0.909. The molecule has 0 saturated carbocycles. The smallest absolute Gasteiger partial charge is 0.191 e. The van der Waals surface area contributed by atoms with Crippen molar-refractivity contribution < 1.29 is 0 Å². The number of rotatable bonds is 6. The van der Waals surface area contributed by atoms with Crippen LogP contribution in [0.15, 0.2) is 4.99 Å². The molecule has 0 bridgehead atoms. The summed E-state index contributed by atoms with van der Waals surface area (Å²) in [5.41, 5.74) is 5.86. The second-order valence-electron chi connectivity index (χ2n) is 3.99. The highest BCUT2D eigenvalue weighted by Crippen LogP contribution is 1.93. The van der Waals surface area contributed by atoms with E-state index in [4.69, 9.17) is 5.73 Å². The van der Waals surface area contributed by atoms with Crippen LogP contribution in [0, 0.1) is 0 Å². The Morgan fingerprint density at radius 1 is 1.25 bits per heavy atom. The summed E-state index contributed by atoms with van der Waals surface area (Å²) in [5.74, 6) is 0.664. The van der Waals surface area contributed by atoms with E-state index in [1.807, 2.05) is 0 Å². The topological polar surface area (TPSA) is 44.9 Å². The van der Waals surface area contributed by atoms with Crippen LogP contribution in [0.3, 0.4) is 0 Å². The van der Waals surface area contributed by atoms with Crippen LogP contribution >= 0.6 is 24.0 Å². The van der Waals surface area contributed by atoms with E-state index in [-0.39, 0.29) is 24.0 Å². The normalized spacial score (nSPS) is 11.8. The quantitative estimate of drug-likeness (QED) is 0.453. The van der Waals surface area contributed by atoms with Crippen LogP contribution < -0.4 is 5.73 Å². The lowest BCUT2D eigenvalue weighted by Gasteiger charge is -2.22. The van der Waals surface area contributed by atoms with Gasteiger partial charge in [-0.3, -0.25) is 4.99 Å². The minimum atomic E-state index is 0. The van der Waals surface area contributed by atoms with Crippen LogP contribution in [0.4, 0.5) is 0 Å². The van der Waals surface area contributed by atoms with Gasteiger partial charge >= 0.3 is 0 Å². The summed E-state index contributed by atoms with van der Waals surface area (Å²) in [6.45, 7) is 12.1. The number of likely N-dealkylation sites (N-methyl/N-ethyl adjacent to an activating group) is 1. The van der Waals surface area contributed by atoms with Crippen LogP contribution in [0.1, 0.15) is 27.7 Å². The van der Waals surface area contributed by atoms with Gasteiger partial charge < -0.3 is 15.5 Å². The highest BCUT2D eigenvalue weighted by Gasteiger charge is 2.03. The molecule has 0 radical (unpaired) electrons. The number of hydrogen-bond acceptors (Lipinski definition) is 2. The lowest BCUT2D eigenvalue weighted by Crippen LogP contribution is -2.38. The van der Waals surface area contributed by atoms with E-state index in [1.165, 1.54) is 0 Å². The van der Waals surface area contributed by atoms with Gasteiger partial charge in [0.05, 0.1) is 6.54 Å². The van der Waals surface area contributed by atoms with Gasteiger partial charge in [0.15, 0.2) is 5.96 Å². The number of aliphatic imine (C=N–C) groups is 1. The predicted molar refractivity (Wildman–Crippen MR) is 82.6 cm³/mol. The Kier molecular flexibility index (Phi) is 11.6. The summed E-state index contributed by atoms with van der Waals surface area (Å²) in [7, 11) is 2.10. The molecule has 0 aliphatic heterocycles. The van der Waals surface area contributed by atoms with Crippen LogP contribution in [-0.4, -0.2) is 55.0 Å². The molecular weight excluding hydrogens is 315 g/mol. The summed E-state index contributed by atoms with van der Waals surface area (Å²) in [5, 5.41) is 0. The van der Waals surface area contributed by atoms with Crippen molar-refractivity contribution in [3.05, 3.63) is 0 Å². The number of hydrogen-bond donors (Lipinski definition) is 1. The SMILES string of the molecule is CCN(CC)C(N)=NCCN(C)C(C)C.I. The Bertz CT molecular complexity index is 190. The molecular formula is C11H27IN4. The van der Waals surface area contributed by atoms with Crippen molar-refractivity contribution in [2.75, 3.05) is 33.2 Å². The van der Waals surface area contributed by atoms with E-state index >= 15 is 0 Å². The molecule has 0 atom stereocenters. The van der Waals surface area contributed by atoms with Gasteiger partial charge in [-0.25, -0.2) is 0 Å². The third-order valence-corrected chi connectivity index (χ3v) is 2.70. The third-order valence-electron chi connectivity index (χ3n) is 2.70. The fourth-order valence-corrected chi connectivity index (χ4v) is 1.23. The average molecular weight is 342 g/mol. The Morgan fingerprint density at radius 3 is 2.12 bits per heavy atom. The van der Waals surface area contributed by atoms with Gasteiger partial charge in [-0.05, 0) is 34.7 Å². The molecule has 0 aromatic heterocycles. The van der Waals surface area contributed by atoms with Gasteiger partial charge in [0.1, 0.15) is 0 Å². The van der Waals surface area contributed by atoms with E-state index in [0.29, 0.717) is 12.0 Å². The lowest BCUT2D eigenvalue weighted by atomic mass is 10.3. The van der Waals surface area contributed by atoms with Crippen molar-refractivity contribution in [2.24, 2.45) is 10.7 Å². The predicted octanol–water partition coefficient (Wildman–Crippen LogP) is 1.60. The molecule has 98 valence electrons. The van der Waals surface area contributed by atoms with Crippen LogP contribution in [0.25, 0.3) is 0 Å². The van der Waals surface area contributed by atoms with Crippen molar-refractivity contribution in [1.82, 2.24) is 9.80 Å². The van der Waals surface area contributed by atoms with Crippen molar-refractivity contribution in [1.29, 1.82) is 0 Å². The minimum absolute atomic E-state index is 0. The van der Waals surface area contributed by atoms with Crippen LogP contribution in [0.2, 0.25) is 0 Å². The summed E-state index contributed by atoms with van der Waals surface area (Å²) in [6, 6.07) is 0.565. The van der Waals surface area contributed by atoms with E-state index in [0.717, 1.165) is 26.2 Å². The van der Waals surface area contributed by atoms with Gasteiger partial charge in [0, 0.05) is 25.7 Å². The molecule has 0 spiro atoms. The van der Waals surface area contributed by atoms with Gasteiger partial charge in [-0.1, -0.05) is 0 Å². The van der Waals surface area contributed by atoms with Gasteiger partial charge in [-0.15, -0.1) is 24.0 Å². The molecule has 0 saturated heterocycles. The molecule has 0 unspecified atom stereocenters. The molecule has 4 nitrogen and oxygen atoms in total. The van der Waals surface area contributed by atoms with Crippen molar-refractivity contribution in [2.45, 2.75) is 33.7 Å². The van der Waals surface area contributed by atoms with Crippen molar-refractivity contribution in [3.8, 4) is 0 Å². The Hall–Kier alpha value is -0.0400. The highest BCUT2D eigenvalue weighted by atomic mass is 127. The van der Waals surface area contributed by atoms with E-state index in [2.05, 4.69) is 49.5 Å². The van der Waals surface area contributed by atoms with Crippen LogP contribution in [0.5, 0.6) is 0 Å². The number of guanidine groups is 1. The Morgan fingerprint density at radius 2 is 1.75 bits per heavy atom.